The van der Waals surface area contributed by atoms with Gasteiger partial charge in [-0.25, -0.2) is 0 Å². The van der Waals surface area contributed by atoms with E-state index in [4.69, 9.17) is 4.74 Å². The molecule has 5 heteroatoms. The summed E-state index contributed by atoms with van der Waals surface area (Å²) in [4.78, 5) is 13.3. The smallest absolute Gasteiger partial charge is 0.311 e. The molecule has 0 amide bonds. The Balaban J connectivity index is 0.000000980. The first-order valence-electron chi connectivity index (χ1n) is 4.65. The summed E-state index contributed by atoms with van der Waals surface area (Å²) in [5.41, 5.74) is -0.521. The molecule has 2 heterocycles. The van der Waals surface area contributed by atoms with Crippen molar-refractivity contribution in [2.45, 2.75) is 6.42 Å². The fourth-order valence-corrected chi connectivity index (χ4v) is 2.55. The lowest BCUT2D eigenvalue weighted by atomic mass is 9.74. The van der Waals surface area contributed by atoms with E-state index in [1.807, 2.05) is 7.05 Å². The van der Waals surface area contributed by atoms with Gasteiger partial charge in [-0.05, 0) is 13.5 Å². The number of fused-ring (bicyclic) bond motifs is 1. The predicted octanol–water partition coefficient (Wildman–Crippen LogP) is 0.461. The van der Waals surface area contributed by atoms with Crippen molar-refractivity contribution in [1.29, 1.82) is 0 Å². The summed E-state index contributed by atoms with van der Waals surface area (Å²) in [6.45, 7) is 2.73. The van der Waals surface area contributed by atoms with Gasteiger partial charge < -0.3 is 14.7 Å². The van der Waals surface area contributed by atoms with Gasteiger partial charge in [-0.1, -0.05) is 0 Å². The summed E-state index contributed by atoms with van der Waals surface area (Å²) in [6.07, 6.45) is 0.664. The van der Waals surface area contributed by atoms with Gasteiger partial charge in [-0.3, -0.25) is 4.79 Å². The maximum atomic E-state index is 11.2. The van der Waals surface area contributed by atoms with Crippen molar-refractivity contribution in [2.75, 3.05) is 33.4 Å². The van der Waals surface area contributed by atoms with Gasteiger partial charge in [0.05, 0.1) is 12.0 Å². The molecule has 2 fully saturated rings. The number of hydrogen-bond donors (Lipinski definition) is 1. The number of carbonyl (C=O) groups is 1. The first-order valence-corrected chi connectivity index (χ1v) is 4.65. The molecule has 2 saturated heterocycles. The number of nitrogens with zero attached hydrogens (tertiary/aromatic N) is 1. The number of ether oxygens (including phenoxy) is 1. The van der Waals surface area contributed by atoms with Crippen LogP contribution in [0.25, 0.3) is 0 Å². The Morgan fingerprint density at radius 1 is 1.64 bits per heavy atom. The number of carboxylic acid groups (broad SMARTS) is 1. The summed E-state index contributed by atoms with van der Waals surface area (Å²) < 4.78 is 5.32. The highest BCUT2D eigenvalue weighted by Gasteiger charge is 2.52. The van der Waals surface area contributed by atoms with Gasteiger partial charge in [-0.15, -0.1) is 12.4 Å². The van der Waals surface area contributed by atoms with Gasteiger partial charge in [0.2, 0.25) is 0 Å². The predicted molar refractivity (Wildman–Crippen MR) is 53.7 cm³/mol. The van der Waals surface area contributed by atoms with Gasteiger partial charge in [0, 0.05) is 25.6 Å². The fourth-order valence-electron chi connectivity index (χ4n) is 2.55. The molecule has 2 aliphatic rings. The third-order valence-corrected chi connectivity index (χ3v) is 3.30. The Labute approximate surface area is 89.6 Å². The van der Waals surface area contributed by atoms with Crippen LogP contribution < -0.4 is 0 Å². The van der Waals surface area contributed by atoms with Crippen LogP contribution in [-0.2, 0) is 9.53 Å². The molecule has 0 unspecified atom stereocenters. The molecule has 0 aromatic rings. The molecule has 82 valence electrons. The lowest BCUT2D eigenvalue weighted by molar-refractivity contribution is -0.157. The van der Waals surface area contributed by atoms with Crippen molar-refractivity contribution in [3.63, 3.8) is 0 Å². The highest BCUT2D eigenvalue weighted by molar-refractivity contribution is 5.85. The van der Waals surface area contributed by atoms with Crippen LogP contribution in [0.15, 0.2) is 0 Å². The Bertz CT molecular complexity index is 236. The standard InChI is InChI=1S/C9H15NO3.ClH/c1-10-4-7-5-13-3-2-9(7,6-10)8(11)12;/h7H,2-6H2,1H3,(H,11,12);1H/t7-,9+;/m1./s1. The number of halogens is 1. The average molecular weight is 222 g/mol. The monoisotopic (exact) mass is 221 g/mol. The van der Waals surface area contributed by atoms with Crippen molar-refractivity contribution in [1.82, 2.24) is 4.90 Å². The second kappa shape index (κ2) is 4.04. The highest BCUT2D eigenvalue weighted by atomic mass is 35.5. The van der Waals surface area contributed by atoms with E-state index in [1.165, 1.54) is 0 Å². The molecule has 2 rings (SSSR count). The maximum absolute atomic E-state index is 11.2. The van der Waals surface area contributed by atoms with Crippen LogP contribution in [0.5, 0.6) is 0 Å². The molecule has 0 bridgehead atoms. The van der Waals surface area contributed by atoms with Crippen LogP contribution >= 0.6 is 12.4 Å². The first-order chi connectivity index (χ1) is 6.15. The minimum absolute atomic E-state index is 0. The molecule has 0 spiro atoms. The maximum Gasteiger partial charge on any atom is 0.311 e. The van der Waals surface area contributed by atoms with E-state index in [0.717, 1.165) is 6.54 Å². The van der Waals surface area contributed by atoms with Crippen LogP contribution in [0, 0.1) is 11.3 Å². The summed E-state index contributed by atoms with van der Waals surface area (Å²) >= 11 is 0. The van der Waals surface area contributed by atoms with E-state index in [2.05, 4.69) is 4.90 Å². The zero-order valence-electron chi connectivity index (χ0n) is 8.23. The third-order valence-electron chi connectivity index (χ3n) is 3.30. The summed E-state index contributed by atoms with van der Waals surface area (Å²) in [7, 11) is 1.98. The molecule has 2 atom stereocenters. The second-order valence-corrected chi connectivity index (χ2v) is 4.18. The molecule has 0 radical (unpaired) electrons. The number of hydrogen-bond acceptors (Lipinski definition) is 3. The van der Waals surface area contributed by atoms with E-state index < -0.39 is 11.4 Å². The Hall–Kier alpha value is -0.320. The Morgan fingerprint density at radius 2 is 2.36 bits per heavy atom. The molecule has 0 aliphatic carbocycles. The van der Waals surface area contributed by atoms with Crippen LogP contribution in [0.4, 0.5) is 0 Å². The summed E-state index contributed by atoms with van der Waals surface area (Å²) in [5.74, 6) is -0.464. The van der Waals surface area contributed by atoms with Crippen molar-refractivity contribution in [2.24, 2.45) is 11.3 Å². The first kappa shape index (κ1) is 11.8. The zero-order valence-corrected chi connectivity index (χ0v) is 9.05. The van der Waals surface area contributed by atoms with Gasteiger partial charge in [0.15, 0.2) is 0 Å². The quantitative estimate of drug-likeness (QED) is 0.699. The second-order valence-electron chi connectivity index (χ2n) is 4.18. The molecule has 0 aromatic carbocycles. The van der Waals surface area contributed by atoms with Crippen LogP contribution in [0.3, 0.4) is 0 Å². The average Bonchev–Trinajstić information content (AvgIpc) is 2.41. The highest BCUT2D eigenvalue weighted by Crippen LogP contribution is 2.41. The zero-order chi connectivity index (χ0) is 9.47. The van der Waals surface area contributed by atoms with Crippen molar-refractivity contribution < 1.29 is 14.6 Å². The lowest BCUT2D eigenvalue weighted by Gasteiger charge is -2.34. The third kappa shape index (κ3) is 1.62. The van der Waals surface area contributed by atoms with E-state index in [0.29, 0.717) is 26.2 Å². The Morgan fingerprint density at radius 3 is 2.93 bits per heavy atom. The van der Waals surface area contributed by atoms with Gasteiger partial charge in [0.1, 0.15) is 0 Å². The van der Waals surface area contributed by atoms with E-state index in [9.17, 15) is 9.90 Å². The number of carboxylic acids is 1. The van der Waals surface area contributed by atoms with E-state index in [1.54, 1.807) is 0 Å². The van der Waals surface area contributed by atoms with Crippen molar-refractivity contribution in [3.05, 3.63) is 0 Å². The number of aliphatic carboxylic acids is 1. The molecule has 4 nitrogen and oxygen atoms in total. The Kier molecular flexibility index (Phi) is 3.40. The number of likely N-dealkylation sites (tertiary alicyclic amines) is 1. The molecule has 14 heavy (non-hydrogen) atoms. The molecular formula is C9H16ClNO3. The minimum Gasteiger partial charge on any atom is -0.481 e. The van der Waals surface area contributed by atoms with Gasteiger partial charge in [-0.2, -0.15) is 0 Å². The SMILES string of the molecule is CN1C[C@@H]2COCC[C@]2(C(=O)O)C1.Cl. The summed E-state index contributed by atoms with van der Waals surface area (Å²) in [6, 6.07) is 0. The van der Waals surface area contributed by atoms with Gasteiger partial charge in [0.25, 0.3) is 0 Å². The normalized spacial score (nSPS) is 37.4. The van der Waals surface area contributed by atoms with Crippen LogP contribution in [-0.4, -0.2) is 49.3 Å². The largest absolute Gasteiger partial charge is 0.481 e. The molecule has 0 saturated carbocycles. The van der Waals surface area contributed by atoms with E-state index >= 15 is 0 Å². The number of rotatable bonds is 1. The molecule has 2 aliphatic heterocycles. The van der Waals surface area contributed by atoms with Crippen LogP contribution in [0.2, 0.25) is 0 Å². The van der Waals surface area contributed by atoms with Crippen LogP contribution in [0.1, 0.15) is 6.42 Å². The van der Waals surface area contributed by atoms with Crippen molar-refractivity contribution in [3.8, 4) is 0 Å². The van der Waals surface area contributed by atoms with Gasteiger partial charge >= 0.3 is 5.97 Å². The minimum atomic E-state index is -0.648. The molecule has 0 aromatic heterocycles. The molecular weight excluding hydrogens is 206 g/mol. The van der Waals surface area contributed by atoms with Crippen molar-refractivity contribution >= 4 is 18.4 Å². The molecule has 1 N–H and O–H groups in total. The van der Waals surface area contributed by atoms with E-state index in [-0.39, 0.29) is 18.3 Å². The topological polar surface area (TPSA) is 49.8 Å². The summed E-state index contributed by atoms with van der Waals surface area (Å²) in [5, 5.41) is 9.23. The fraction of sp³-hybridized carbons (Fsp3) is 0.889. The lowest BCUT2D eigenvalue weighted by Crippen LogP contribution is -2.44.